The van der Waals surface area contributed by atoms with Crippen LogP contribution in [0, 0.1) is 0 Å². The molecule has 0 aliphatic heterocycles. The Morgan fingerprint density at radius 2 is 1.20 bits per heavy atom. The van der Waals surface area contributed by atoms with Crippen molar-refractivity contribution in [1.82, 2.24) is 5.06 Å². The first-order valence-corrected chi connectivity index (χ1v) is 8.71. The number of carbonyl (C=O) groups is 1. The number of hydrogen-bond acceptors (Lipinski definition) is 2. The second-order valence-corrected chi connectivity index (χ2v) is 5.80. The first-order chi connectivity index (χ1) is 9.72. The third-order valence-corrected chi connectivity index (χ3v) is 3.76. The van der Waals surface area contributed by atoms with Crippen molar-refractivity contribution >= 4 is 5.91 Å². The Labute approximate surface area is 125 Å². The van der Waals surface area contributed by atoms with E-state index in [1.54, 1.807) is 0 Å². The summed E-state index contributed by atoms with van der Waals surface area (Å²) in [7, 11) is 0. The normalized spacial score (nSPS) is 10.8. The van der Waals surface area contributed by atoms with Gasteiger partial charge in [-0.2, -0.15) is 0 Å². The molecule has 0 aromatic carbocycles. The Hall–Kier alpha value is -0.570. The lowest BCUT2D eigenvalue weighted by Gasteiger charge is -2.14. The van der Waals surface area contributed by atoms with E-state index in [1.807, 2.05) is 0 Å². The minimum Gasteiger partial charge on any atom is -0.286 e. The molecule has 1 amide bonds. The summed E-state index contributed by atoms with van der Waals surface area (Å²) in [4.78, 5) is 11.7. The van der Waals surface area contributed by atoms with Crippen LogP contribution >= 0.6 is 0 Å². The molecule has 0 aliphatic rings. The third kappa shape index (κ3) is 12.5. The Kier molecular flexibility index (Phi) is 14.4. The van der Waals surface area contributed by atoms with Crippen LogP contribution in [0.4, 0.5) is 0 Å². The molecule has 0 spiro atoms. The second kappa shape index (κ2) is 14.8. The fourth-order valence-electron chi connectivity index (χ4n) is 2.35. The van der Waals surface area contributed by atoms with Crippen LogP contribution in [0.15, 0.2) is 0 Å². The quantitative estimate of drug-likeness (QED) is 0.267. The van der Waals surface area contributed by atoms with Gasteiger partial charge in [-0.25, -0.2) is 5.06 Å². The minimum absolute atomic E-state index is 0.103. The van der Waals surface area contributed by atoms with E-state index < -0.39 is 0 Å². The van der Waals surface area contributed by atoms with Gasteiger partial charge in [0.05, 0.1) is 0 Å². The van der Waals surface area contributed by atoms with Crippen LogP contribution in [0.2, 0.25) is 0 Å². The van der Waals surface area contributed by atoms with E-state index in [9.17, 15) is 10.0 Å². The molecule has 0 aromatic rings. The summed E-state index contributed by atoms with van der Waals surface area (Å²) in [6.07, 6.45) is 14.6. The lowest BCUT2D eigenvalue weighted by atomic mass is 10.1. The van der Waals surface area contributed by atoms with Gasteiger partial charge in [0.1, 0.15) is 0 Å². The summed E-state index contributed by atoms with van der Waals surface area (Å²) >= 11 is 0. The molecule has 0 saturated carbocycles. The molecule has 1 N–H and O–H groups in total. The number of carbonyl (C=O) groups excluding carboxylic acids is 1. The molecule has 120 valence electrons. The van der Waals surface area contributed by atoms with Crippen molar-refractivity contribution in [2.45, 2.75) is 97.3 Å². The molecule has 0 unspecified atom stereocenters. The van der Waals surface area contributed by atoms with Gasteiger partial charge >= 0.3 is 0 Å². The van der Waals surface area contributed by atoms with Crippen molar-refractivity contribution in [2.75, 3.05) is 6.54 Å². The molecule has 3 heteroatoms. The Bertz CT molecular complexity index is 219. The molecule has 0 heterocycles. The highest BCUT2D eigenvalue weighted by molar-refractivity contribution is 5.74. The van der Waals surface area contributed by atoms with Crippen LogP contribution in [0.5, 0.6) is 0 Å². The van der Waals surface area contributed by atoms with Gasteiger partial charge in [-0.15, -0.1) is 0 Å². The standard InChI is InChI=1S/C17H35NO2/c1-3-5-7-9-11-13-15-17(19)18(20)16-14-12-10-8-6-4-2/h20H,3-16H2,1-2H3. The lowest BCUT2D eigenvalue weighted by molar-refractivity contribution is -0.165. The molecule has 0 atom stereocenters. The van der Waals surface area contributed by atoms with Gasteiger partial charge < -0.3 is 0 Å². The Morgan fingerprint density at radius 1 is 0.750 bits per heavy atom. The van der Waals surface area contributed by atoms with Crippen molar-refractivity contribution in [3.8, 4) is 0 Å². The van der Waals surface area contributed by atoms with Crippen LogP contribution in [0.25, 0.3) is 0 Å². The predicted molar refractivity (Wildman–Crippen MR) is 84.9 cm³/mol. The maximum atomic E-state index is 11.7. The molecule has 0 aromatic heterocycles. The number of amides is 1. The van der Waals surface area contributed by atoms with Crippen LogP contribution in [0.3, 0.4) is 0 Å². The number of rotatable bonds is 14. The summed E-state index contributed by atoms with van der Waals surface area (Å²) in [5.74, 6) is -0.103. The number of hydrogen-bond donors (Lipinski definition) is 1. The van der Waals surface area contributed by atoms with Crippen molar-refractivity contribution in [3.05, 3.63) is 0 Å². The zero-order chi connectivity index (χ0) is 15.1. The van der Waals surface area contributed by atoms with Crippen LogP contribution in [-0.2, 0) is 4.79 Å². The number of unbranched alkanes of at least 4 members (excludes halogenated alkanes) is 10. The smallest absolute Gasteiger partial charge is 0.245 e. The SMILES string of the molecule is CCCCCCCCC(=O)N(O)CCCCCCCC. The van der Waals surface area contributed by atoms with Crippen LogP contribution in [0.1, 0.15) is 97.3 Å². The molecule has 0 fully saturated rings. The van der Waals surface area contributed by atoms with Gasteiger partial charge in [0.15, 0.2) is 0 Å². The maximum absolute atomic E-state index is 11.7. The summed E-state index contributed by atoms with van der Waals surface area (Å²) in [5.41, 5.74) is 0. The van der Waals surface area contributed by atoms with E-state index in [0.29, 0.717) is 13.0 Å². The van der Waals surface area contributed by atoms with Gasteiger partial charge in [-0.1, -0.05) is 78.1 Å². The zero-order valence-corrected chi connectivity index (χ0v) is 13.7. The summed E-state index contributed by atoms with van der Waals surface area (Å²) in [6.45, 7) is 4.91. The zero-order valence-electron chi connectivity index (χ0n) is 13.7. The molecule has 20 heavy (non-hydrogen) atoms. The highest BCUT2D eigenvalue weighted by atomic mass is 16.5. The topological polar surface area (TPSA) is 40.5 Å². The fraction of sp³-hybridized carbons (Fsp3) is 0.941. The van der Waals surface area contributed by atoms with Crippen molar-refractivity contribution in [1.29, 1.82) is 0 Å². The molecule has 0 aliphatic carbocycles. The molecular weight excluding hydrogens is 250 g/mol. The van der Waals surface area contributed by atoms with Crippen molar-refractivity contribution in [3.63, 3.8) is 0 Å². The third-order valence-electron chi connectivity index (χ3n) is 3.76. The van der Waals surface area contributed by atoms with Gasteiger partial charge in [0, 0.05) is 13.0 Å². The first kappa shape index (κ1) is 19.4. The minimum atomic E-state index is -0.103. The fourth-order valence-corrected chi connectivity index (χ4v) is 2.35. The van der Waals surface area contributed by atoms with E-state index >= 15 is 0 Å². The molecule has 0 saturated heterocycles. The first-order valence-electron chi connectivity index (χ1n) is 8.71. The summed E-state index contributed by atoms with van der Waals surface area (Å²) in [6, 6.07) is 0. The van der Waals surface area contributed by atoms with E-state index in [-0.39, 0.29) is 5.91 Å². The Morgan fingerprint density at radius 3 is 1.75 bits per heavy atom. The van der Waals surface area contributed by atoms with Gasteiger partial charge in [-0.05, 0) is 12.8 Å². The molecule has 3 nitrogen and oxygen atoms in total. The van der Waals surface area contributed by atoms with Gasteiger partial charge in [0.2, 0.25) is 5.91 Å². The average molecular weight is 285 g/mol. The average Bonchev–Trinajstić information content (AvgIpc) is 2.45. The van der Waals surface area contributed by atoms with Gasteiger partial charge in [0.25, 0.3) is 0 Å². The summed E-state index contributed by atoms with van der Waals surface area (Å²) < 4.78 is 0. The van der Waals surface area contributed by atoms with Gasteiger partial charge in [-0.3, -0.25) is 10.0 Å². The van der Waals surface area contributed by atoms with Crippen molar-refractivity contribution < 1.29 is 10.0 Å². The molecular formula is C17H35NO2. The molecule has 0 radical (unpaired) electrons. The lowest BCUT2D eigenvalue weighted by Crippen LogP contribution is -2.28. The second-order valence-electron chi connectivity index (χ2n) is 5.80. The molecule has 0 bridgehead atoms. The number of hydroxylamine groups is 2. The summed E-state index contributed by atoms with van der Waals surface area (Å²) in [5, 5.41) is 10.6. The van der Waals surface area contributed by atoms with Crippen LogP contribution in [-0.4, -0.2) is 22.7 Å². The van der Waals surface area contributed by atoms with E-state index in [2.05, 4.69) is 13.8 Å². The largest absolute Gasteiger partial charge is 0.286 e. The van der Waals surface area contributed by atoms with E-state index in [0.717, 1.165) is 30.7 Å². The van der Waals surface area contributed by atoms with Crippen molar-refractivity contribution in [2.24, 2.45) is 0 Å². The highest BCUT2D eigenvalue weighted by Gasteiger charge is 2.09. The van der Waals surface area contributed by atoms with E-state index in [1.165, 1.54) is 51.4 Å². The maximum Gasteiger partial charge on any atom is 0.245 e. The molecule has 0 rings (SSSR count). The Balaban J connectivity index is 3.37. The predicted octanol–water partition coefficient (Wildman–Crippen LogP) is 5.32. The van der Waals surface area contributed by atoms with Crippen LogP contribution < -0.4 is 0 Å². The monoisotopic (exact) mass is 285 g/mol. The highest BCUT2D eigenvalue weighted by Crippen LogP contribution is 2.09. The number of nitrogens with zero attached hydrogens (tertiary/aromatic N) is 1. The van der Waals surface area contributed by atoms with E-state index in [4.69, 9.17) is 0 Å².